The standard InChI is InChI=1S/C17H24N4/c1-4-14-5-7-15(8-6-14)20-16-10-12-19-17(21-16)18-11-9-13(2)3/h5-8,10,12-13H,4,9,11H2,1-3H3,(H2,18,19,20,21). The van der Waals surface area contributed by atoms with E-state index in [1.807, 2.05) is 6.07 Å². The topological polar surface area (TPSA) is 49.8 Å². The van der Waals surface area contributed by atoms with Gasteiger partial charge in [-0.2, -0.15) is 4.98 Å². The average Bonchev–Trinajstić information content (AvgIpc) is 2.48. The minimum absolute atomic E-state index is 0.672. The van der Waals surface area contributed by atoms with Crippen LogP contribution in [0.3, 0.4) is 0 Å². The molecule has 0 fully saturated rings. The first kappa shape index (κ1) is 15.3. The highest BCUT2D eigenvalue weighted by atomic mass is 15.1. The summed E-state index contributed by atoms with van der Waals surface area (Å²) in [6.45, 7) is 7.47. The van der Waals surface area contributed by atoms with Gasteiger partial charge in [0, 0.05) is 18.4 Å². The number of nitrogens with zero attached hydrogens (tertiary/aromatic N) is 2. The third-order valence-corrected chi connectivity index (χ3v) is 3.29. The molecule has 0 aliphatic carbocycles. The molecular formula is C17H24N4. The van der Waals surface area contributed by atoms with Crippen molar-refractivity contribution in [3.8, 4) is 0 Å². The van der Waals surface area contributed by atoms with E-state index in [-0.39, 0.29) is 0 Å². The number of hydrogen-bond acceptors (Lipinski definition) is 4. The Labute approximate surface area is 127 Å². The van der Waals surface area contributed by atoms with Crippen LogP contribution in [-0.4, -0.2) is 16.5 Å². The molecule has 0 amide bonds. The lowest BCUT2D eigenvalue weighted by Crippen LogP contribution is -2.08. The number of nitrogens with one attached hydrogen (secondary N) is 2. The lowest BCUT2D eigenvalue weighted by atomic mass is 10.1. The summed E-state index contributed by atoms with van der Waals surface area (Å²) in [4.78, 5) is 8.72. The van der Waals surface area contributed by atoms with Gasteiger partial charge in [0.1, 0.15) is 5.82 Å². The van der Waals surface area contributed by atoms with Crippen LogP contribution in [0.2, 0.25) is 0 Å². The maximum absolute atomic E-state index is 4.47. The molecule has 0 unspecified atom stereocenters. The van der Waals surface area contributed by atoms with Crippen molar-refractivity contribution < 1.29 is 0 Å². The van der Waals surface area contributed by atoms with Crippen LogP contribution < -0.4 is 10.6 Å². The van der Waals surface area contributed by atoms with E-state index in [4.69, 9.17) is 0 Å². The van der Waals surface area contributed by atoms with Crippen LogP contribution >= 0.6 is 0 Å². The van der Waals surface area contributed by atoms with Crippen LogP contribution in [0.25, 0.3) is 0 Å². The highest BCUT2D eigenvalue weighted by Gasteiger charge is 2.01. The Morgan fingerprint density at radius 2 is 1.86 bits per heavy atom. The number of hydrogen-bond donors (Lipinski definition) is 2. The number of benzene rings is 1. The summed E-state index contributed by atoms with van der Waals surface area (Å²) in [5, 5.41) is 6.56. The van der Waals surface area contributed by atoms with Crippen LogP contribution in [0.4, 0.5) is 17.5 Å². The Morgan fingerprint density at radius 1 is 1.10 bits per heavy atom. The van der Waals surface area contributed by atoms with Crippen molar-refractivity contribution >= 4 is 17.5 Å². The molecule has 0 atom stereocenters. The summed E-state index contributed by atoms with van der Waals surface area (Å²) in [5.74, 6) is 2.16. The zero-order valence-corrected chi connectivity index (χ0v) is 13.1. The highest BCUT2D eigenvalue weighted by Crippen LogP contribution is 2.16. The predicted molar refractivity (Wildman–Crippen MR) is 89.1 cm³/mol. The molecule has 0 bridgehead atoms. The molecule has 2 aromatic rings. The molecule has 112 valence electrons. The second-order valence-corrected chi connectivity index (χ2v) is 5.55. The van der Waals surface area contributed by atoms with Gasteiger partial charge in [-0.3, -0.25) is 0 Å². The molecule has 21 heavy (non-hydrogen) atoms. The molecular weight excluding hydrogens is 260 g/mol. The molecule has 1 heterocycles. The van der Waals surface area contributed by atoms with Crippen molar-refractivity contribution in [3.63, 3.8) is 0 Å². The first-order valence-corrected chi connectivity index (χ1v) is 7.60. The van der Waals surface area contributed by atoms with E-state index in [1.165, 1.54) is 5.56 Å². The normalized spacial score (nSPS) is 10.7. The van der Waals surface area contributed by atoms with E-state index in [1.54, 1.807) is 6.20 Å². The molecule has 4 nitrogen and oxygen atoms in total. The number of rotatable bonds is 7. The van der Waals surface area contributed by atoms with E-state index in [0.717, 1.165) is 30.9 Å². The molecule has 0 aliphatic heterocycles. The lowest BCUT2D eigenvalue weighted by Gasteiger charge is -2.09. The third kappa shape index (κ3) is 5.06. The summed E-state index contributed by atoms with van der Waals surface area (Å²) < 4.78 is 0. The maximum Gasteiger partial charge on any atom is 0.224 e. The van der Waals surface area contributed by atoms with Gasteiger partial charge in [0.25, 0.3) is 0 Å². The minimum Gasteiger partial charge on any atom is -0.354 e. The quantitative estimate of drug-likeness (QED) is 0.798. The minimum atomic E-state index is 0.672. The molecule has 0 radical (unpaired) electrons. The lowest BCUT2D eigenvalue weighted by molar-refractivity contribution is 0.606. The van der Waals surface area contributed by atoms with Gasteiger partial charge in [0.2, 0.25) is 5.95 Å². The number of aryl methyl sites for hydroxylation is 1. The van der Waals surface area contributed by atoms with Gasteiger partial charge >= 0.3 is 0 Å². The van der Waals surface area contributed by atoms with Gasteiger partial charge in [-0.05, 0) is 42.5 Å². The fourth-order valence-electron chi connectivity index (χ4n) is 1.96. The zero-order chi connectivity index (χ0) is 15.1. The average molecular weight is 284 g/mol. The van der Waals surface area contributed by atoms with Crippen LogP contribution in [0.15, 0.2) is 36.5 Å². The van der Waals surface area contributed by atoms with E-state index in [9.17, 15) is 0 Å². The van der Waals surface area contributed by atoms with Gasteiger partial charge in [-0.25, -0.2) is 4.98 Å². The molecule has 1 aromatic carbocycles. The second kappa shape index (κ2) is 7.62. The Kier molecular flexibility index (Phi) is 5.55. The molecule has 4 heteroatoms. The van der Waals surface area contributed by atoms with Crippen molar-refractivity contribution in [2.45, 2.75) is 33.6 Å². The molecule has 2 N–H and O–H groups in total. The number of aromatic nitrogens is 2. The largest absolute Gasteiger partial charge is 0.354 e. The van der Waals surface area contributed by atoms with Gasteiger partial charge in [0.15, 0.2) is 0 Å². The van der Waals surface area contributed by atoms with E-state index < -0.39 is 0 Å². The Morgan fingerprint density at radius 3 is 2.52 bits per heavy atom. The van der Waals surface area contributed by atoms with Gasteiger partial charge in [-0.1, -0.05) is 32.9 Å². The molecule has 0 saturated carbocycles. The van der Waals surface area contributed by atoms with Crippen molar-refractivity contribution in [3.05, 3.63) is 42.1 Å². The smallest absolute Gasteiger partial charge is 0.224 e. The van der Waals surface area contributed by atoms with Crippen LogP contribution in [0, 0.1) is 5.92 Å². The van der Waals surface area contributed by atoms with Gasteiger partial charge in [0.05, 0.1) is 0 Å². The van der Waals surface area contributed by atoms with Crippen LogP contribution in [0.5, 0.6) is 0 Å². The van der Waals surface area contributed by atoms with Crippen molar-refractivity contribution in [2.75, 3.05) is 17.2 Å². The molecule has 0 saturated heterocycles. The molecule has 1 aromatic heterocycles. The maximum atomic E-state index is 4.47. The van der Waals surface area contributed by atoms with Crippen molar-refractivity contribution in [1.82, 2.24) is 9.97 Å². The number of anilines is 3. The van der Waals surface area contributed by atoms with Gasteiger partial charge < -0.3 is 10.6 Å². The fourth-order valence-corrected chi connectivity index (χ4v) is 1.96. The van der Waals surface area contributed by atoms with Crippen molar-refractivity contribution in [2.24, 2.45) is 5.92 Å². The van der Waals surface area contributed by atoms with Crippen LogP contribution in [0.1, 0.15) is 32.8 Å². The monoisotopic (exact) mass is 284 g/mol. The summed E-state index contributed by atoms with van der Waals surface area (Å²) in [7, 11) is 0. The van der Waals surface area contributed by atoms with Gasteiger partial charge in [-0.15, -0.1) is 0 Å². The van der Waals surface area contributed by atoms with E-state index >= 15 is 0 Å². The summed E-state index contributed by atoms with van der Waals surface area (Å²) in [6.07, 6.45) is 3.94. The zero-order valence-electron chi connectivity index (χ0n) is 13.1. The SMILES string of the molecule is CCc1ccc(Nc2ccnc(NCCC(C)C)n2)cc1. The molecule has 0 spiro atoms. The van der Waals surface area contributed by atoms with Crippen LogP contribution in [-0.2, 0) is 6.42 Å². The summed E-state index contributed by atoms with van der Waals surface area (Å²) in [5.41, 5.74) is 2.37. The summed E-state index contributed by atoms with van der Waals surface area (Å²) in [6, 6.07) is 10.3. The van der Waals surface area contributed by atoms with E-state index in [0.29, 0.717) is 11.9 Å². The predicted octanol–water partition coefficient (Wildman–Crippen LogP) is 4.24. The first-order chi connectivity index (χ1) is 10.2. The second-order valence-electron chi connectivity index (χ2n) is 5.55. The fraction of sp³-hybridized carbons (Fsp3) is 0.412. The Balaban J connectivity index is 1.96. The third-order valence-electron chi connectivity index (χ3n) is 3.29. The van der Waals surface area contributed by atoms with Crippen molar-refractivity contribution in [1.29, 1.82) is 0 Å². The first-order valence-electron chi connectivity index (χ1n) is 7.60. The highest BCUT2D eigenvalue weighted by molar-refractivity contribution is 5.57. The molecule has 0 aliphatic rings. The van der Waals surface area contributed by atoms with E-state index in [2.05, 4.69) is 65.6 Å². The molecule has 2 rings (SSSR count). The Bertz CT molecular complexity index is 549. The summed E-state index contributed by atoms with van der Waals surface area (Å²) >= 11 is 0. The Hall–Kier alpha value is -2.10.